The molecule has 2 aromatic carbocycles. The van der Waals surface area contributed by atoms with Crippen molar-refractivity contribution in [3.63, 3.8) is 0 Å². The predicted molar refractivity (Wildman–Crippen MR) is 72.5 cm³/mol. The van der Waals surface area contributed by atoms with Crippen molar-refractivity contribution < 1.29 is 18.6 Å². The molecule has 2 rings (SSSR count). The molecule has 0 heterocycles. The Balaban J connectivity index is 2.19. The molecule has 0 fully saturated rings. The fourth-order valence-corrected chi connectivity index (χ4v) is 1.97. The number of aliphatic hydroxyl groups excluding tert-OH is 1. The Morgan fingerprint density at radius 2 is 1.75 bits per heavy atom. The zero-order chi connectivity index (χ0) is 14.5. The number of ether oxygens (including phenoxy) is 1. The van der Waals surface area contributed by atoms with Gasteiger partial charge >= 0.3 is 0 Å². The Bertz CT molecular complexity index is 558. The molecule has 0 aliphatic heterocycles. The number of aliphatic hydroxyl groups is 1. The maximum Gasteiger partial charge on any atom is 0.200 e. The zero-order valence-electron chi connectivity index (χ0n) is 11.1. The van der Waals surface area contributed by atoms with E-state index in [2.05, 4.69) is 0 Å². The highest BCUT2D eigenvalue weighted by atomic mass is 19.2. The molecule has 0 saturated heterocycles. The summed E-state index contributed by atoms with van der Waals surface area (Å²) in [5.41, 5.74) is 0.677. The van der Waals surface area contributed by atoms with Crippen LogP contribution in [-0.2, 0) is 0 Å². The van der Waals surface area contributed by atoms with E-state index in [0.717, 1.165) is 6.07 Å². The first-order chi connectivity index (χ1) is 9.63. The third kappa shape index (κ3) is 3.14. The molecule has 0 aliphatic carbocycles. The van der Waals surface area contributed by atoms with Crippen molar-refractivity contribution in [2.45, 2.75) is 25.6 Å². The highest BCUT2D eigenvalue weighted by Crippen LogP contribution is 2.26. The fraction of sp³-hybridized carbons (Fsp3) is 0.250. The van der Waals surface area contributed by atoms with Crippen LogP contribution in [0.15, 0.2) is 48.5 Å². The van der Waals surface area contributed by atoms with Crippen LogP contribution in [0.3, 0.4) is 0 Å². The molecular formula is C16H16F2O2. The first kappa shape index (κ1) is 14.5. The maximum atomic E-state index is 13.6. The van der Waals surface area contributed by atoms with Gasteiger partial charge in [-0.25, -0.2) is 4.39 Å². The van der Waals surface area contributed by atoms with E-state index in [4.69, 9.17) is 4.74 Å². The Morgan fingerprint density at radius 3 is 2.40 bits per heavy atom. The summed E-state index contributed by atoms with van der Waals surface area (Å²) >= 11 is 0. The lowest BCUT2D eigenvalue weighted by Crippen LogP contribution is -2.25. The quantitative estimate of drug-likeness (QED) is 0.900. The van der Waals surface area contributed by atoms with E-state index in [-0.39, 0.29) is 5.75 Å². The Kier molecular flexibility index (Phi) is 4.69. The van der Waals surface area contributed by atoms with E-state index in [0.29, 0.717) is 12.0 Å². The summed E-state index contributed by atoms with van der Waals surface area (Å²) in [6.07, 6.45) is -1.08. The first-order valence-electron chi connectivity index (χ1n) is 6.47. The minimum Gasteiger partial charge on any atom is -0.484 e. The van der Waals surface area contributed by atoms with Crippen molar-refractivity contribution in [2.75, 3.05) is 0 Å². The number of benzene rings is 2. The van der Waals surface area contributed by atoms with E-state index in [9.17, 15) is 13.9 Å². The third-order valence-corrected chi connectivity index (χ3v) is 3.09. The lowest BCUT2D eigenvalue weighted by Gasteiger charge is -2.23. The molecule has 2 nitrogen and oxygen atoms in total. The minimum absolute atomic E-state index is 0.188. The summed E-state index contributed by atoms with van der Waals surface area (Å²) in [7, 11) is 0. The van der Waals surface area contributed by atoms with Gasteiger partial charge in [-0.05, 0) is 24.1 Å². The second-order valence-corrected chi connectivity index (χ2v) is 4.47. The third-order valence-electron chi connectivity index (χ3n) is 3.09. The van der Waals surface area contributed by atoms with Gasteiger partial charge in [-0.1, -0.05) is 43.3 Å². The summed E-state index contributed by atoms with van der Waals surface area (Å²) in [6.45, 7) is 1.81. The maximum absolute atomic E-state index is 13.6. The van der Waals surface area contributed by atoms with Gasteiger partial charge < -0.3 is 9.84 Å². The van der Waals surface area contributed by atoms with Gasteiger partial charge in [0.1, 0.15) is 12.2 Å². The first-order valence-corrected chi connectivity index (χ1v) is 6.47. The van der Waals surface area contributed by atoms with Crippen molar-refractivity contribution in [1.82, 2.24) is 0 Å². The van der Waals surface area contributed by atoms with Gasteiger partial charge in [-0.2, -0.15) is 4.39 Å². The normalized spacial score (nSPS) is 13.8. The predicted octanol–water partition coefficient (Wildman–Crippen LogP) is 3.86. The van der Waals surface area contributed by atoms with Crippen molar-refractivity contribution in [3.05, 3.63) is 65.7 Å². The van der Waals surface area contributed by atoms with Crippen LogP contribution in [0.25, 0.3) is 0 Å². The highest BCUT2D eigenvalue weighted by molar-refractivity contribution is 5.26. The summed E-state index contributed by atoms with van der Waals surface area (Å²) in [5.74, 6) is -2.19. The van der Waals surface area contributed by atoms with Crippen LogP contribution in [0.2, 0.25) is 0 Å². The molecule has 20 heavy (non-hydrogen) atoms. The van der Waals surface area contributed by atoms with Gasteiger partial charge in [0.15, 0.2) is 11.6 Å². The van der Waals surface area contributed by atoms with Gasteiger partial charge in [0, 0.05) is 0 Å². The second-order valence-electron chi connectivity index (χ2n) is 4.47. The zero-order valence-corrected chi connectivity index (χ0v) is 11.1. The topological polar surface area (TPSA) is 29.5 Å². The number of rotatable bonds is 5. The molecule has 106 valence electrons. The Morgan fingerprint density at radius 1 is 1.05 bits per heavy atom. The smallest absolute Gasteiger partial charge is 0.200 e. The monoisotopic (exact) mass is 278 g/mol. The number of hydrogen-bond donors (Lipinski definition) is 1. The van der Waals surface area contributed by atoms with Gasteiger partial charge in [0.25, 0.3) is 0 Å². The molecule has 1 N–H and O–H groups in total. The average Bonchev–Trinajstić information content (AvgIpc) is 2.49. The van der Waals surface area contributed by atoms with Crippen LogP contribution in [-0.4, -0.2) is 11.2 Å². The lowest BCUT2D eigenvalue weighted by atomic mass is 10.0. The average molecular weight is 278 g/mol. The van der Waals surface area contributed by atoms with E-state index in [1.165, 1.54) is 12.1 Å². The van der Waals surface area contributed by atoms with Gasteiger partial charge in [-0.15, -0.1) is 0 Å². The molecule has 2 aromatic rings. The van der Waals surface area contributed by atoms with Crippen LogP contribution in [0.1, 0.15) is 25.0 Å². The molecule has 2 unspecified atom stereocenters. The highest BCUT2D eigenvalue weighted by Gasteiger charge is 2.22. The van der Waals surface area contributed by atoms with Crippen LogP contribution in [0.5, 0.6) is 5.75 Å². The molecule has 0 aliphatic rings. The van der Waals surface area contributed by atoms with Gasteiger partial charge in [0.2, 0.25) is 5.82 Å². The standard InChI is InChI=1S/C16H16F2O2/c1-2-13(16(19)11-7-4-3-5-8-11)20-14-10-6-9-12(17)15(14)18/h3-10,13,16,19H,2H2,1H3. The summed E-state index contributed by atoms with van der Waals surface area (Å²) in [5, 5.41) is 10.3. The van der Waals surface area contributed by atoms with Crippen LogP contribution >= 0.6 is 0 Å². The van der Waals surface area contributed by atoms with Crippen molar-refractivity contribution in [2.24, 2.45) is 0 Å². The van der Waals surface area contributed by atoms with E-state index < -0.39 is 23.8 Å². The number of hydrogen-bond acceptors (Lipinski definition) is 2. The molecule has 0 amide bonds. The molecule has 2 atom stereocenters. The van der Waals surface area contributed by atoms with Crippen LogP contribution in [0.4, 0.5) is 8.78 Å². The fourth-order valence-electron chi connectivity index (χ4n) is 1.97. The molecule has 0 aromatic heterocycles. The SMILES string of the molecule is CCC(Oc1cccc(F)c1F)C(O)c1ccccc1. The molecule has 4 heteroatoms. The second kappa shape index (κ2) is 6.48. The number of halogens is 2. The van der Waals surface area contributed by atoms with Gasteiger partial charge in [0.05, 0.1) is 0 Å². The Labute approximate surface area is 116 Å². The Hall–Kier alpha value is -1.94. The van der Waals surface area contributed by atoms with Crippen molar-refractivity contribution in [1.29, 1.82) is 0 Å². The van der Waals surface area contributed by atoms with Crippen LogP contribution < -0.4 is 4.74 Å². The van der Waals surface area contributed by atoms with E-state index in [1.54, 1.807) is 24.3 Å². The minimum atomic E-state index is -1.04. The van der Waals surface area contributed by atoms with Crippen LogP contribution in [0, 0.1) is 11.6 Å². The summed E-state index contributed by atoms with van der Waals surface area (Å²) in [6, 6.07) is 12.7. The van der Waals surface area contributed by atoms with Crippen molar-refractivity contribution >= 4 is 0 Å². The molecular weight excluding hydrogens is 262 g/mol. The largest absolute Gasteiger partial charge is 0.484 e. The molecule has 0 radical (unpaired) electrons. The van der Waals surface area contributed by atoms with Crippen molar-refractivity contribution in [3.8, 4) is 5.75 Å². The lowest BCUT2D eigenvalue weighted by molar-refractivity contribution is 0.0305. The summed E-state index contributed by atoms with van der Waals surface area (Å²) < 4.78 is 32.1. The van der Waals surface area contributed by atoms with E-state index >= 15 is 0 Å². The summed E-state index contributed by atoms with van der Waals surface area (Å²) in [4.78, 5) is 0. The van der Waals surface area contributed by atoms with E-state index in [1.807, 2.05) is 13.0 Å². The molecule has 0 bridgehead atoms. The van der Waals surface area contributed by atoms with Gasteiger partial charge in [-0.3, -0.25) is 0 Å². The molecule has 0 spiro atoms. The molecule has 0 saturated carbocycles.